The van der Waals surface area contributed by atoms with Crippen molar-refractivity contribution in [2.75, 3.05) is 13.9 Å². The van der Waals surface area contributed by atoms with Crippen molar-refractivity contribution in [1.29, 1.82) is 0 Å². The van der Waals surface area contributed by atoms with Gasteiger partial charge in [-0.1, -0.05) is 18.2 Å². The second kappa shape index (κ2) is 5.93. The summed E-state index contributed by atoms with van der Waals surface area (Å²) in [7, 11) is 1.58. The molecular weight excluding hydrogens is 280 g/mol. The fraction of sp³-hybridized carbons (Fsp3) is 0.167. The Hall–Kier alpha value is -2.75. The van der Waals surface area contributed by atoms with Gasteiger partial charge in [-0.2, -0.15) is 0 Å². The average Bonchev–Trinajstić information content (AvgIpc) is 3.01. The lowest BCUT2D eigenvalue weighted by atomic mass is 10.1. The molecule has 0 spiro atoms. The molecule has 1 aliphatic heterocycles. The molecule has 3 rings (SSSR count). The predicted octanol–water partition coefficient (Wildman–Crippen LogP) is 3.63. The summed E-state index contributed by atoms with van der Waals surface area (Å²) in [6.45, 7) is 2.20. The number of fused-ring (bicyclic) bond motifs is 1. The topological polar surface area (TPSA) is 44.8 Å². The van der Waals surface area contributed by atoms with Gasteiger partial charge in [0.05, 0.1) is 7.11 Å². The van der Waals surface area contributed by atoms with Gasteiger partial charge in [0, 0.05) is 5.56 Å². The molecule has 2 aromatic rings. The smallest absolute Gasteiger partial charge is 0.231 e. The third-order valence-corrected chi connectivity index (χ3v) is 3.46. The van der Waals surface area contributed by atoms with E-state index in [1.54, 1.807) is 37.5 Å². The quantitative estimate of drug-likeness (QED) is 0.638. The SMILES string of the molecule is COc1cccc(C(=O)/C=C/c2cc(C)c3c(c2)OCO3)c1. The van der Waals surface area contributed by atoms with Gasteiger partial charge in [-0.05, 0) is 48.4 Å². The lowest BCUT2D eigenvalue weighted by molar-refractivity contribution is 0.104. The van der Waals surface area contributed by atoms with Gasteiger partial charge in [-0.15, -0.1) is 0 Å². The van der Waals surface area contributed by atoms with E-state index in [0.29, 0.717) is 17.1 Å². The third-order valence-electron chi connectivity index (χ3n) is 3.46. The summed E-state index contributed by atoms with van der Waals surface area (Å²) in [6.07, 6.45) is 3.32. The average molecular weight is 296 g/mol. The first-order valence-corrected chi connectivity index (χ1v) is 6.94. The van der Waals surface area contributed by atoms with Gasteiger partial charge in [0.25, 0.3) is 0 Å². The molecule has 112 valence electrons. The summed E-state index contributed by atoms with van der Waals surface area (Å²) < 4.78 is 15.9. The Balaban J connectivity index is 1.82. The highest BCUT2D eigenvalue weighted by molar-refractivity contribution is 6.07. The summed E-state index contributed by atoms with van der Waals surface area (Å²) in [4.78, 5) is 12.2. The Morgan fingerprint density at radius 1 is 1.23 bits per heavy atom. The number of methoxy groups -OCH3 is 1. The standard InChI is InChI=1S/C18H16O4/c1-12-8-13(9-17-18(12)22-11-21-17)6-7-16(19)14-4-3-5-15(10-14)20-2/h3-10H,11H2,1-2H3/b7-6+. The Morgan fingerprint density at radius 2 is 2.09 bits per heavy atom. The van der Waals surface area contributed by atoms with E-state index in [2.05, 4.69) is 0 Å². The molecule has 0 atom stereocenters. The second-order valence-corrected chi connectivity index (χ2v) is 5.00. The number of allylic oxidation sites excluding steroid dienone is 1. The number of hydrogen-bond donors (Lipinski definition) is 0. The normalized spacial score (nSPS) is 12.6. The molecule has 0 N–H and O–H groups in total. The van der Waals surface area contributed by atoms with Crippen molar-refractivity contribution in [1.82, 2.24) is 0 Å². The molecule has 1 heterocycles. The molecule has 4 nitrogen and oxygen atoms in total. The zero-order valence-electron chi connectivity index (χ0n) is 12.5. The Kier molecular flexibility index (Phi) is 3.83. The third kappa shape index (κ3) is 2.81. The summed E-state index contributed by atoms with van der Waals surface area (Å²) in [6, 6.07) is 10.9. The molecule has 0 saturated heterocycles. The zero-order valence-corrected chi connectivity index (χ0v) is 12.5. The van der Waals surface area contributed by atoms with Crippen LogP contribution in [0.15, 0.2) is 42.5 Å². The fourth-order valence-corrected chi connectivity index (χ4v) is 2.35. The Labute approximate surface area is 128 Å². The predicted molar refractivity (Wildman–Crippen MR) is 83.7 cm³/mol. The van der Waals surface area contributed by atoms with Crippen molar-refractivity contribution in [2.45, 2.75) is 6.92 Å². The number of carbonyl (C=O) groups excluding carboxylic acids is 1. The first-order chi connectivity index (χ1) is 10.7. The van der Waals surface area contributed by atoms with Crippen molar-refractivity contribution < 1.29 is 19.0 Å². The number of carbonyl (C=O) groups is 1. The minimum absolute atomic E-state index is 0.0748. The molecule has 22 heavy (non-hydrogen) atoms. The summed E-state index contributed by atoms with van der Waals surface area (Å²) in [5.74, 6) is 2.08. The molecule has 0 bridgehead atoms. The van der Waals surface area contributed by atoms with E-state index >= 15 is 0 Å². The summed E-state index contributed by atoms with van der Waals surface area (Å²) in [5.41, 5.74) is 2.48. The number of aryl methyl sites for hydroxylation is 1. The maximum Gasteiger partial charge on any atom is 0.231 e. The maximum absolute atomic E-state index is 12.2. The number of rotatable bonds is 4. The summed E-state index contributed by atoms with van der Waals surface area (Å²) in [5, 5.41) is 0. The lowest BCUT2D eigenvalue weighted by Gasteiger charge is -2.03. The monoisotopic (exact) mass is 296 g/mol. The first kappa shape index (κ1) is 14.2. The van der Waals surface area contributed by atoms with Crippen LogP contribution in [0.25, 0.3) is 6.08 Å². The van der Waals surface area contributed by atoms with Crippen LogP contribution in [0.1, 0.15) is 21.5 Å². The molecular formula is C18H16O4. The van der Waals surface area contributed by atoms with Crippen molar-refractivity contribution in [3.63, 3.8) is 0 Å². The molecule has 0 saturated carbocycles. The molecule has 0 radical (unpaired) electrons. The Morgan fingerprint density at radius 3 is 2.91 bits per heavy atom. The lowest BCUT2D eigenvalue weighted by Crippen LogP contribution is -1.95. The van der Waals surface area contributed by atoms with E-state index < -0.39 is 0 Å². The van der Waals surface area contributed by atoms with Gasteiger partial charge in [0.1, 0.15) is 5.75 Å². The van der Waals surface area contributed by atoms with Crippen LogP contribution in [0.2, 0.25) is 0 Å². The molecule has 4 heteroatoms. The van der Waals surface area contributed by atoms with E-state index in [1.165, 1.54) is 0 Å². The molecule has 1 aliphatic rings. The fourth-order valence-electron chi connectivity index (χ4n) is 2.35. The molecule has 0 aromatic heterocycles. The maximum atomic E-state index is 12.2. The van der Waals surface area contributed by atoms with Crippen LogP contribution in [0.5, 0.6) is 17.2 Å². The highest BCUT2D eigenvalue weighted by Crippen LogP contribution is 2.36. The van der Waals surface area contributed by atoms with Crippen molar-refractivity contribution in [2.24, 2.45) is 0 Å². The largest absolute Gasteiger partial charge is 0.497 e. The Bertz CT molecular complexity index is 747. The van der Waals surface area contributed by atoms with E-state index in [0.717, 1.165) is 16.9 Å². The van der Waals surface area contributed by atoms with Gasteiger partial charge in [0.15, 0.2) is 17.3 Å². The van der Waals surface area contributed by atoms with E-state index in [1.807, 2.05) is 25.1 Å². The minimum atomic E-state index is -0.0748. The van der Waals surface area contributed by atoms with Gasteiger partial charge < -0.3 is 14.2 Å². The number of ether oxygens (including phenoxy) is 3. The summed E-state index contributed by atoms with van der Waals surface area (Å²) >= 11 is 0. The number of hydrogen-bond acceptors (Lipinski definition) is 4. The van der Waals surface area contributed by atoms with Crippen LogP contribution in [0, 0.1) is 6.92 Å². The van der Waals surface area contributed by atoms with Crippen LogP contribution < -0.4 is 14.2 Å². The van der Waals surface area contributed by atoms with Crippen molar-refractivity contribution >= 4 is 11.9 Å². The highest BCUT2D eigenvalue weighted by Gasteiger charge is 2.16. The van der Waals surface area contributed by atoms with Crippen LogP contribution in [-0.4, -0.2) is 19.7 Å². The molecule has 2 aromatic carbocycles. The zero-order chi connectivity index (χ0) is 15.5. The van der Waals surface area contributed by atoms with Gasteiger partial charge in [-0.25, -0.2) is 0 Å². The van der Waals surface area contributed by atoms with E-state index in [9.17, 15) is 4.79 Å². The first-order valence-electron chi connectivity index (χ1n) is 6.94. The van der Waals surface area contributed by atoms with Gasteiger partial charge >= 0.3 is 0 Å². The van der Waals surface area contributed by atoms with Gasteiger partial charge in [-0.3, -0.25) is 4.79 Å². The number of ketones is 1. The van der Waals surface area contributed by atoms with Gasteiger partial charge in [0.2, 0.25) is 6.79 Å². The molecule has 0 fully saturated rings. The molecule has 0 aliphatic carbocycles. The minimum Gasteiger partial charge on any atom is -0.497 e. The van der Waals surface area contributed by atoms with Crippen LogP contribution in [-0.2, 0) is 0 Å². The second-order valence-electron chi connectivity index (χ2n) is 5.00. The van der Waals surface area contributed by atoms with Crippen LogP contribution in [0.4, 0.5) is 0 Å². The van der Waals surface area contributed by atoms with Crippen LogP contribution >= 0.6 is 0 Å². The van der Waals surface area contributed by atoms with Crippen molar-refractivity contribution in [3.8, 4) is 17.2 Å². The van der Waals surface area contributed by atoms with E-state index in [-0.39, 0.29) is 12.6 Å². The highest BCUT2D eigenvalue weighted by atomic mass is 16.7. The van der Waals surface area contributed by atoms with E-state index in [4.69, 9.17) is 14.2 Å². The van der Waals surface area contributed by atoms with Crippen molar-refractivity contribution in [3.05, 3.63) is 59.2 Å². The molecule has 0 unspecified atom stereocenters. The number of benzene rings is 2. The molecule has 0 amide bonds. The van der Waals surface area contributed by atoms with Crippen LogP contribution in [0.3, 0.4) is 0 Å².